The van der Waals surface area contributed by atoms with Gasteiger partial charge in [-0.05, 0) is 6.92 Å². The van der Waals surface area contributed by atoms with Crippen LogP contribution >= 0.6 is 0 Å². The van der Waals surface area contributed by atoms with Gasteiger partial charge in [-0.15, -0.1) is 0 Å². The predicted molar refractivity (Wildman–Crippen MR) is 60.5 cm³/mol. The normalized spacial score (nSPS) is 9.69. The van der Waals surface area contributed by atoms with Gasteiger partial charge in [0.25, 0.3) is 0 Å². The predicted octanol–water partition coefficient (Wildman–Crippen LogP) is 0.342. The van der Waals surface area contributed by atoms with Gasteiger partial charge in [-0.25, -0.2) is 9.97 Å². The Balaban J connectivity index is 2.57. The molecule has 0 radical (unpaired) electrons. The van der Waals surface area contributed by atoms with Gasteiger partial charge in [0.1, 0.15) is 12.1 Å². The van der Waals surface area contributed by atoms with Gasteiger partial charge >= 0.3 is 0 Å². The average molecular weight is 224 g/mol. The van der Waals surface area contributed by atoms with E-state index >= 15 is 0 Å². The Morgan fingerprint density at radius 2 is 2.25 bits per heavy atom. The second-order valence-electron chi connectivity index (χ2n) is 3.21. The Kier molecular flexibility index (Phi) is 4.50. The van der Waals surface area contributed by atoms with Crippen LogP contribution in [0.2, 0.25) is 0 Å². The number of carbonyl (C=O) groups is 1. The Bertz CT molecular complexity index is 368. The van der Waals surface area contributed by atoms with E-state index in [1.807, 2.05) is 6.92 Å². The van der Waals surface area contributed by atoms with Crippen molar-refractivity contribution in [2.24, 2.45) is 0 Å². The first kappa shape index (κ1) is 12.2. The number of nitrogens with zero attached hydrogens (tertiary/aromatic N) is 2. The van der Waals surface area contributed by atoms with Crippen molar-refractivity contribution in [3.8, 4) is 5.88 Å². The zero-order valence-electron chi connectivity index (χ0n) is 9.70. The summed E-state index contributed by atoms with van der Waals surface area (Å²) in [5, 5.41) is 5.61. The smallest absolute Gasteiger partial charge is 0.221 e. The quantitative estimate of drug-likeness (QED) is 0.754. The first-order valence-corrected chi connectivity index (χ1v) is 4.99. The van der Waals surface area contributed by atoms with E-state index in [4.69, 9.17) is 4.74 Å². The van der Waals surface area contributed by atoms with Crippen LogP contribution in [-0.2, 0) is 4.79 Å². The zero-order chi connectivity index (χ0) is 12.0. The third-order valence-corrected chi connectivity index (χ3v) is 2.15. The lowest BCUT2D eigenvalue weighted by Crippen LogP contribution is -2.21. The maximum atomic E-state index is 11.0. The highest BCUT2D eigenvalue weighted by Gasteiger charge is 2.06. The first-order chi connectivity index (χ1) is 7.69. The van der Waals surface area contributed by atoms with E-state index in [9.17, 15) is 4.79 Å². The van der Waals surface area contributed by atoms with Gasteiger partial charge in [-0.3, -0.25) is 4.79 Å². The molecule has 16 heavy (non-hydrogen) atoms. The van der Waals surface area contributed by atoms with Crippen molar-refractivity contribution in [3.63, 3.8) is 0 Å². The van der Waals surface area contributed by atoms with Crippen LogP contribution in [-0.4, -0.2) is 36.6 Å². The van der Waals surface area contributed by atoms with Crippen molar-refractivity contribution in [1.29, 1.82) is 0 Å². The molecule has 0 unspecified atom stereocenters. The third-order valence-electron chi connectivity index (χ3n) is 2.15. The molecule has 0 aliphatic rings. The van der Waals surface area contributed by atoms with E-state index in [0.717, 1.165) is 5.56 Å². The standard InChI is InChI=1S/C10H16N4O2/c1-7-9(12-5-4-8(15)11-2)13-6-14-10(7)16-3/h6H,4-5H2,1-3H3,(H,11,15)(H,12,13,14). The van der Waals surface area contributed by atoms with E-state index in [1.165, 1.54) is 6.33 Å². The molecule has 6 heteroatoms. The van der Waals surface area contributed by atoms with Gasteiger partial charge < -0.3 is 15.4 Å². The molecule has 2 N–H and O–H groups in total. The third kappa shape index (κ3) is 3.08. The molecule has 0 bridgehead atoms. The van der Waals surface area contributed by atoms with E-state index in [2.05, 4.69) is 20.6 Å². The van der Waals surface area contributed by atoms with Gasteiger partial charge in [0, 0.05) is 20.0 Å². The Labute approximate surface area is 94.4 Å². The van der Waals surface area contributed by atoms with Gasteiger partial charge in [0.15, 0.2) is 0 Å². The molecule has 6 nitrogen and oxygen atoms in total. The highest BCUT2D eigenvalue weighted by Crippen LogP contribution is 2.19. The Hall–Kier alpha value is -1.85. The number of rotatable bonds is 5. The Morgan fingerprint density at radius 3 is 2.88 bits per heavy atom. The lowest BCUT2D eigenvalue weighted by atomic mass is 10.3. The number of hydrogen-bond acceptors (Lipinski definition) is 5. The van der Waals surface area contributed by atoms with Gasteiger partial charge in [0.05, 0.1) is 12.7 Å². The van der Waals surface area contributed by atoms with Crippen molar-refractivity contribution in [2.75, 3.05) is 26.0 Å². The summed E-state index contributed by atoms with van der Waals surface area (Å²) in [6.07, 6.45) is 1.83. The number of amides is 1. The van der Waals surface area contributed by atoms with Gasteiger partial charge in [0.2, 0.25) is 11.8 Å². The maximum absolute atomic E-state index is 11.0. The molecule has 88 valence electrons. The minimum absolute atomic E-state index is 0.00817. The minimum atomic E-state index is -0.00817. The molecule has 1 amide bonds. The van der Waals surface area contributed by atoms with Crippen LogP contribution in [0.1, 0.15) is 12.0 Å². The summed E-state index contributed by atoms with van der Waals surface area (Å²) in [6.45, 7) is 2.39. The zero-order valence-corrected chi connectivity index (χ0v) is 9.70. The number of ether oxygens (including phenoxy) is 1. The monoisotopic (exact) mass is 224 g/mol. The fourth-order valence-corrected chi connectivity index (χ4v) is 1.24. The number of aromatic nitrogens is 2. The second-order valence-corrected chi connectivity index (χ2v) is 3.21. The molecule has 1 aromatic rings. The molecule has 0 saturated heterocycles. The number of hydrogen-bond donors (Lipinski definition) is 2. The van der Waals surface area contributed by atoms with Gasteiger partial charge in [-0.2, -0.15) is 0 Å². The van der Waals surface area contributed by atoms with Crippen LogP contribution < -0.4 is 15.4 Å². The SMILES string of the molecule is CNC(=O)CCNc1ncnc(OC)c1C. The average Bonchev–Trinajstić information content (AvgIpc) is 2.31. The maximum Gasteiger partial charge on any atom is 0.221 e. The van der Waals surface area contributed by atoms with Crippen molar-refractivity contribution < 1.29 is 9.53 Å². The summed E-state index contributed by atoms with van der Waals surface area (Å²) in [7, 11) is 3.17. The lowest BCUT2D eigenvalue weighted by Gasteiger charge is -2.09. The molecule has 0 aliphatic heterocycles. The molecule has 0 spiro atoms. The molecule has 0 aromatic carbocycles. The molecule has 1 aromatic heterocycles. The van der Waals surface area contributed by atoms with Crippen LogP contribution in [0.3, 0.4) is 0 Å². The molecule has 0 atom stereocenters. The van der Waals surface area contributed by atoms with Crippen molar-refractivity contribution in [3.05, 3.63) is 11.9 Å². The summed E-state index contributed by atoms with van der Waals surface area (Å²) in [4.78, 5) is 19.0. The summed E-state index contributed by atoms with van der Waals surface area (Å²) in [5.74, 6) is 1.22. The Morgan fingerprint density at radius 1 is 1.50 bits per heavy atom. The summed E-state index contributed by atoms with van der Waals surface area (Å²) < 4.78 is 5.06. The molecule has 0 saturated carbocycles. The summed E-state index contributed by atoms with van der Waals surface area (Å²) in [5.41, 5.74) is 0.835. The fourth-order valence-electron chi connectivity index (χ4n) is 1.24. The number of carbonyl (C=O) groups excluding carboxylic acids is 1. The van der Waals surface area contributed by atoms with Crippen LogP contribution in [0.15, 0.2) is 6.33 Å². The minimum Gasteiger partial charge on any atom is -0.481 e. The van der Waals surface area contributed by atoms with E-state index in [1.54, 1.807) is 14.2 Å². The first-order valence-electron chi connectivity index (χ1n) is 4.99. The van der Waals surface area contributed by atoms with Crippen molar-refractivity contribution in [1.82, 2.24) is 15.3 Å². The molecule has 1 rings (SSSR count). The van der Waals surface area contributed by atoms with Crippen LogP contribution in [0.5, 0.6) is 5.88 Å². The van der Waals surface area contributed by atoms with Crippen LogP contribution in [0.25, 0.3) is 0 Å². The van der Waals surface area contributed by atoms with Crippen LogP contribution in [0.4, 0.5) is 5.82 Å². The number of nitrogens with one attached hydrogen (secondary N) is 2. The molecule has 0 aliphatic carbocycles. The van der Waals surface area contributed by atoms with E-state index < -0.39 is 0 Å². The highest BCUT2D eigenvalue weighted by molar-refractivity contribution is 5.76. The second kappa shape index (κ2) is 5.89. The summed E-state index contributed by atoms with van der Waals surface area (Å²) in [6, 6.07) is 0. The largest absolute Gasteiger partial charge is 0.481 e. The number of anilines is 1. The summed E-state index contributed by atoms with van der Waals surface area (Å²) >= 11 is 0. The van der Waals surface area contributed by atoms with Crippen LogP contribution in [0, 0.1) is 6.92 Å². The lowest BCUT2D eigenvalue weighted by molar-refractivity contribution is -0.120. The number of methoxy groups -OCH3 is 1. The highest BCUT2D eigenvalue weighted by atomic mass is 16.5. The molecular formula is C10H16N4O2. The molecular weight excluding hydrogens is 208 g/mol. The van der Waals surface area contributed by atoms with Crippen molar-refractivity contribution >= 4 is 11.7 Å². The molecule has 1 heterocycles. The molecule has 0 fully saturated rings. The topological polar surface area (TPSA) is 76.1 Å². The van der Waals surface area contributed by atoms with Gasteiger partial charge in [-0.1, -0.05) is 0 Å². The van der Waals surface area contributed by atoms with E-state index in [0.29, 0.717) is 24.7 Å². The fraction of sp³-hybridized carbons (Fsp3) is 0.500. The van der Waals surface area contributed by atoms with Crippen molar-refractivity contribution in [2.45, 2.75) is 13.3 Å². The van der Waals surface area contributed by atoms with E-state index in [-0.39, 0.29) is 5.91 Å².